The van der Waals surface area contributed by atoms with E-state index in [1.807, 2.05) is 82.7 Å². The normalized spacial score (nSPS) is 17.6. The minimum absolute atomic E-state index is 0.00286. The van der Waals surface area contributed by atoms with E-state index in [0.717, 1.165) is 35.7 Å². The number of aromatic nitrogens is 1. The van der Waals surface area contributed by atoms with Crippen LogP contribution in [-0.4, -0.2) is 131 Å². The number of aliphatic carboxylic acids is 2. The van der Waals surface area contributed by atoms with Gasteiger partial charge in [0.05, 0.1) is 42.7 Å². The van der Waals surface area contributed by atoms with Crippen LogP contribution in [0.15, 0.2) is 30.5 Å². The van der Waals surface area contributed by atoms with E-state index in [9.17, 15) is 33.9 Å². The number of rotatable bonds is 24. The molecular formula is C48H81N5O10. The van der Waals surface area contributed by atoms with Crippen LogP contribution in [0, 0.1) is 29.6 Å². The van der Waals surface area contributed by atoms with Crippen molar-refractivity contribution >= 4 is 46.3 Å². The van der Waals surface area contributed by atoms with Crippen LogP contribution in [0.1, 0.15) is 120 Å². The Morgan fingerprint density at radius 3 is 2.08 bits per heavy atom. The van der Waals surface area contributed by atoms with E-state index < -0.39 is 42.0 Å². The fourth-order valence-corrected chi connectivity index (χ4v) is 8.43. The summed E-state index contributed by atoms with van der Waals surface area (Å²) in [5.41, 5.74) is 1.73. The van der Waals surface area contributed by atoms with Gasteiger partial charge in [0.25, 0.3) is 0 Å². The minimum Gasteiger partial charge on any atom is -0.481 e. The number of carbonyl (C=O) groups is 6. The molecule has 0 saturated carbocycles. The van der Waals surface area contributed by atoms with E-state index in [2.05, 4.69) is 36.4 Å². The number of ether oxygens (including phenoxy) is 2. The number of likely N-dealkylation sites (N-methyl/N-ethyl adjacent to an activating group) is 1. The number of hydrogen-bond donors (Lipinski definition) is 5. The van der Waals surface area contributed by atoms with Crippen molar-refractivity contribution in [2.45, 2.75) is 157 Å². The monoisotopic (exact) mass is 888 g/mol. The Kier molecular flexibility index (Phi) is 25.6. The maximum atomic E-state index is 13.4. The quantitative estimate of drug-likeness (QED) is 0.0762. The molecule has 1 aromatic carbocycles. The Balaban J connectivity index is 0.000000705. The molecule has 0 spiro atoms. The van der Waals surface area contributed by atoms with Gasteiger partial charge in [0.2, 0.25) is 17.7 Å². The molecule has 2 aromatic rings. The molecule has 0 aliphatic carbocycles. The number of fused-ring (bicyclic) bond motifs is 1. The van der Waals surface area contributed by atoms with Gasteiger partial charge in [-0.2, -0.15) is 0 Å². The minimum atomic E-state index is -1.10. The number of benzene rings is 1. The zero-order valence-electron chi connectivity index (χ0n) is 40.7. The van der Waals surface area contributed by atoms with Gasteiger partial charge in [0.1, 0.15) is 6.04 Å². The van der Waals surface area contributed by atoms with Gasteiger partial charge in [-0.1, -0.05) is 93.9 Å². The molecule has 5 N–H and O–H groups in total. The lowest BCUT2D eigenvalue weighted by Gasteiger charge is -2.35. The fourth-order valence-electron chi connectivity index (χ4n) is 8.43. The molecule has 1 aliphatic rings. The first-order valence-electron chi connectivity index (χ1n) is 22.9. The van der Waals surface area contributed by atoms with Crippen LogP contribution in [0.3, 0.4) is 0 Å². The smallest absolute Gasteiger partial charge is 0.326 e. The van der Waals surface area contributed by atoms with Gasteiger partial charge in [-0.3, -0.25) is 28.9 Å². The molecule has 1 aromatic heterocycles. The Labute approximate surface area is 376 Å². The number of carboxylic acid groups (broad SMARTS) is 2. The summed E-state index contributed by atoms with van der Waals surface area (Å²) in [7, 11) is 5.00. The molecule has 15 heteroatoms. The molecule has 63 heavy (non-hydrogen) atoms. The van der Waals surface area contributed by atoms with Crippen molar-refractivity contribution in [1.29, 1.82) is 0 Å². The number of aromatic amines is 1. The van der Waals surface area contributed by atoms with E-state index in [-0.39, 0.29) is 72.8 Å². The van der Waals surface area contributed by atoms with Crippen molar-refractivity contribution in [3.8, 4) is 0 Å². The van der Waals surface area contributed by atoms with Crippen molar-refractivity contribution < 1.29 is 48.5 Å². The van der Waals surface area contributed by atoms with Gasteiger partial charge in [-0.25, -0.2) is 4.79 Å². The van der Waals surface area contributed by atoms with Crippen molar-refractivity contribution in [2.24, 2.45) is 29.6 Å². The molecule has 1 aliphatic heterocycles. The summed E-state index contributed by atoms with van der Waals surface area (Å²) in [6, 6.07) is 5.43. The summed E-state index contributed by atoms with van der Waals surface area (Å²) >= 11 is 0. The SMILES string of the molecule is CC.CC(=O)[C@@H](NC(=O)C(C(C)C)N(C)CCCC(=O)O)C(C)C.CC[C@H](C)[C@H](C)[C@@H](CC(=O)N1CCC[C@H]1[C@H](OC)[C@@H](C)C(=O)N[C@@H](Cc1c[nH]c2ccccc12)C(=O)O)OC. The van der Waals surface area contributed by atoms with E-state index >= 15 is 0 Å². The number of carboxylic acids is 2. The topological polar surface area (TPSA) is 208 Å². The number of methoxy groups -OCH3 is 2. The number of ketones is 1. The first-order chi connectivity index (χ1) is 29.7. The third-order valence-corrected chi connectivity index (χ3v) is 12.4. The Hall–Kier alpha value is -4.34. The van der Waals surface area contributed by atoms with Gasteiger partial charge >= 0.3 is 11.9 Å². The summed E-state index contributed by atoms with van der Waals surface area (Å²) < 4.78 is 11.5. The highest BCUT2D eigenvalue weighted by molar-refractivity contribution is 5.90. The highest BCUT2D eigenvalue weighted by Gasteiger charge is 2.41. The van der Waals surface area contributed by atoms with Crippen molar-refractivity contribution in [2.75, 3.05) is 34.4 Å². The summed E-state index contributed by atoms with van der Waals surface area (Å²) in [4.78, 5) is 80.4. The Morgan fingerprint density at radius 2 is 1.56 bits per heavy atom. The fraction of sp³-hybridized carbons (Fsp3) is 0.708. The average Bonchev–Trinajstić information content (AvgIpc) is 3.89. The molecule has 3 rings (SSSR count). The first-order valence-corrected chi connectivity index (χ1v) is 22.9. The van der Waals surface area contributed by atoms with Crippen molar-refractivity contribution in [3.63, 3.8) is 0 Å². The largest absolute Gasteiger partial charge is 0.481 e. The Bertz CT molecular complexity index is 1730. The predicted octanol–water partition coefficient (Wildman–Crippen LogP) is 6.57. The predicted molar refractivity (Wildman–Crippen MR) is 247 cm³/mol. The summed E-state index contributed by atoms with van der Waals surface area (Å²) in [5.74, 6) is -2.48. The van der Waals surface area contributed by atoms with Gasteiger partial charge in [0, 0.05) is 50.7 Å². The molecule has 1 unspecified atom stereocenters. The molecule has 2 heterocycles. The lowest BCUT2D eigenvalue weighted by molar-refractivity contribution is -0.145. The summed E-state index contributed by atoms with van der Waals surface area (Å²) in [5, 5.41) is 25.1. The lowest BCUT2D eigenvalue weighted by atomic mass is 9.87. The summed E-state index contributed by atoms with van der Waals surface area (Å²) in [6.45, 7) is 22.4. The number of Topliss-reactive ketones (excluding diaryl/α,β-unsaturated/α-hetero) is 1. The van der Waals surface area contributed by atoms with Gasteiger partial charge in [-0.05, 0) is 75.1 Å². The lowest BCUT2D eigenvalue weighted by Crippen LogP contribution is -2.54. The summed E-state index contributed by atoms with van der Waals surface area (Å²) in [6.07, 6.45) is 4.59. The Morgan fingerprint density at radius 1 is 0.921 bits per heavy atom. The van der Waals surface area contributed by atoms with Gasteiger partial charge < -0.3 is 40.2 Å². The molecule has 0 radical (unpaired) electrons. The molecule has 1 saturated heterocycles. The van der Waals surface area contributed by atoms with Gasteiger partial charge in [-0.15, -0.1) is 0 Å². The molecule has 15 nitrogen and oxygen atoms in total. The number of nitrogens with one attached hydrogen (secondary N) is 3. The number of carbonyl (C=O) groups excluding carboxylic acids is 4. The van der Waals surface area contributed by atoms with Gasteiger partial charge in [0.15, 0.2) is 5.78 Å². The maximum Gasteiger partial charge on any atom is 0.326 e. The number of amides is 3. The standard InChI is InChI=1S/C30H45N3O6.C16H30N2O4.C2H6/c1-7-18(2)19(3)26(38-5)16-27(34)33-14-10-13-25(33)28(39-6)20(4)29(35)32-24(30(36)37)15-21-17-31-23-12-9-8-11-22(21)23;1-10(2)14(12(5)19)17-16(22)15(11(3)4)18(6)9-7-8-13(20)21;1-2/h8-9,11-12,17-20,24-26,28,31H,7,10,13-16H2,1-6H3,(H,32,35)(H,36,37);10-11,14-15H,7-9H2,1-6H3,(H,17,22)(H,20,21);1-2H3/t18-,19-,20+,24-,25-,26+,28+;14-,15?;/m00./s1. The van der Waals surface area contributed by atoms with Crippen LogP contribution in [0.2, 0.25) is 0 Å². The van der Waals surface area contributed by atoms with E-state index in [0.29, 0.717) is 25.4 Å². The zero-order chi connectivity index (χ0) is 48.1. The number of nitrogens with zero attached hydrogens (tertiary/aromatic N) is 2. The number of likely N-dealkylation sites (tertiary alicyclic amines) is 1. The second kappa shape index (κ2) is 28.5. The van der Waals surface area contributed by atoms with E-state index in [1.165, 1.54) is 6.92 Å². The van der Waals surface area contributed by atoms with E-state index in [1.54, 1.807) is 27.3 Å². The highest BCUT2D eigenvalue weighted by Crippen LogP contribution is 2.30. The average molecular weight is 888 g/mol. The number of H-pyrrole nitrogens is 1. The van der Waals surface area contributed by atoms with Crippen molar-refractivity contribution in [3.05, 3.63) is 36.0 Å². The van der Waals surface area contributed by atoms with Crippen LogP contribution in [0.25, 0.3) is 10.9 Å². The molecule has 3 amide bonds. The van der Waals surface area contributed by atoms with Crippen LogP contribution >= 0.6 is 0 Å². The van der Waals surface area contributed by atoms with Crippen LogP contribution < -0.4 is 10.6 Å². The highest BCUT2D eigenvalue weighted by atomic mass is 16.5. The third-order valence-electron chi connectivity index (χ3n) is 12.4. The van der Waals surface area contributed by atoms with Crippen LogP contribution in [-0.2, 0) is 44.7 Å². The molecular weight excluding hydrogens is 807 g/mol. The zero-order valence-corrected chi connectivity index (χ0v) is 40.7. The molecule has 1 fully saturated rings. The van der Waals surface area contributed by atoms with Crippen molar-refractivity contribution in [1.82, 2.24) is 25.4 Å². The van der Waals surface area contributed by atoms with Crippen LogP contribution in [0.4, 0.5) is 0 Å². The molecule has 358 valence electrons. The molecule has 9 atom stereocenters. The second-order valence-electron chi connectivity index (χ2n) is 17.5. The number of hydrogen-bond acceptors (Lipinski definition) is 9. The third kappa shape index (κ3) is 17.3. The van der Waals surface area contributed by atoms with Crippen LogP contribution in [0.5, 0.6) is 0 Å². The molecule has 0 bridgehead atoms. The maximum absolute atomic E-state index is 13.4. The second-order valence-corrected chi connectivity index (χ2v) is 17.5. The first kappa shape index (κ1) is 56.7. The van der Waals surface area contributed by atoms with E-state index in [4.69, 9.17) is 14.6 Å². The number of para-hydroxylation sites is 1.